The lowest BCUT2D eigenvalue weighted by molar-refractivity contribution is -0.120. The van der Waals surface area contributed by atoms with Crippen molar-refractivity contribution < 1.29 is 14.0 Å². The number of carbonyl (C=O) groups is 2. The summed E-state index contributed by atoms with van der Waals surface area (Å²) in [7, 11) is 0. The Hall–Kier alpha value is -3.09. The molecule has 0 bridgehead atoms. The van der Waals surface area contributed by atoms with Crippen molar-refractivity contribution in [1.82, 2.24) is 20.0 Å². The summed E-state index contributed by atoms with van der Waals surface area (Å²) >= 11 is 0. The van der Waals surface area contributed by atoms with E-state index in [0.29, 0.717) is 11.4 Å². The van der Waals surface area contributed by atoms with Crippen molar-refractivity contribution in [2.45, 2.75) is 13.5 Å². The Morgan fingerprint density at radius 3 is 2.96 bits per heavy atom. The first kappa shape index (κ1) is 14.8. The van der Waals surface area contributed by atoms with E-state index in [1.807, 2.05) is 25.3 Å². The van der Waals surface area contributed by atoms with Crippen LogP contribution in [0, 0.1) is 6.92 Å². The number of furan rings is 1. The maximum absolute atomic E-state index is 12.1. The van der Waals surface area contributed by atoms with Crippen LogP contribution < -0.4 is 10.6 Å². The van der Waals surface area contributed by atoms with Crippen LogP contribution in [0.25, 0.3) is 5.65 Å². The topological polar surface area (TPSA) is 88.6 Å². The highest BCUT2D eigenvalue weighted by atomic mass is 16.3. The van der Waals surface area contributed by atoms with E-state index in [2.05, 4.69) is 15.6 Å². The fourth-order valence-electron chi connectivity index (χ4n) is 2.11. The van der Waals surface area contributed by atoms with Gasteiger partial charge in [0.2, 0.25) is 5.91 Å². The van der Waals surface area contributed by atoms with Crippen molar-refractivity contribution in [3.63, 3.8) is 0 Å². The van der Waals surface area contributed by atoms with E-state index in [4.69, 9.17) is 4.42 Å². The van der Waals surface area contributed by atoms with Crippen LogP contribution in [-0.2, 0) is 11.3 Å². The predicted molar refractivity (Wildman–Crippen MR) is 82.8 cm³/mol. The Balaban J connectivity index is 1.54. The third kappa shape index (κ3) is 3.57. The summed E-state index contributed by atoms with van der Waals surface area (Å²) in [5.41, 5.74) is 2.03. The molecule has 0 radical (unpaired) electrons. The van der Waals surface area contributed by atoms with E-state index in [0.717, 1.165) is 5.56 Å². The predicted octanol–water partition coefficient (Wildman–Crippen LogP) is 1.28. The lowest BCUT2D eigenvalue weighted by atomic mass is 10.3. The smallest absolute Gasteiger partial charge is 0.271 e. The highest BCUT2D eigenvalue weighted by molar-refractivity contribution is 5.95. The molecule has 0 aliphatic rings. The molecule has 3 aromatic rings. The molecule has 0 unspecified atom stereocenters. The minimum Gasteiger partial charge on any atom is -0.467 e. The number of imidazole rings is 1. The van der Waals surface area contributed by atoms with Gasteiger partial charge in [-0.2, -0.15) is 0 Å². The molecule has 7 heteroatoms. The Bertz CT molecular complexity index is 836. The summed E-state index contributed by atoms with van der Waals surface area (Å²) in [6, 6.07) is 7.32. The van der Waals surface area contributed by atoms with Gasteiger partial charge in [-0.15, -0.1) is 0 Å². The Labute approximate surface area is 132 Å². The zero-order valence-electron chi connectivity index (χ0n) is 12.6. The summed E-state index contributed by atoms with van der Waals surface area (Å²) in [5.74, 6) is -0.0331. The average molecular weight is 312 g/mol. The van der Waals surface area contributed by atoms with Gasteiger partial charge in [0.05, 0.1) is 19.4 Å². The first-order valence-electron chi connectivity index (χ1n) is 7.14. The standard InChI is InChI=1S/C16H16N4O3/c1-11-4-5-20-10-13(19-14(20)7-11)16(22)18-9-15(21)17-8-12-3-2-6-23-12/h2-7,10H,8-9H2,1H3,(H,17,21)(H,18,22). The molecule has 0 spiro atoms. The second kappa shape index (κ2) is 6.35. The number of aryl methyl sites for hydroxylation is 1. The maximum atomic E-state index is 12.1. The largest absolute Gasteiger partial charge is 0.467 e. The number of fused-ring (bicyclic) bond motifs is 1. The van der Waals surface area contributed by atoms with Gasteiger partial charge in [-0.1, -0.05) is 0 Å². The van der Waals surface area contributed by atoms with Crippen molar-refractivity contribution in [2.24, 2.45) is 0 Å². The van der Waals surface area contributed by atoms with Crippen LogP contribution in [0.2, 0.25) is 0 Å². The van der Waals surface area contributed by atoms with E-state index in [9.17, 15) is 9.59 Å². The van der Waals surface area contributed by atoms with Crippen LogP contribution >= 0.6 is 0 Å². The van der Waals surface area contributed by atoms with E-state index in [1.54, 1.807) is 22.7 Å². The summed E-state index contributed by atoms with van der Waals surface area (Å²) in [6.45, 7) is 2.12. The van der Waals surface area contributed by atoms with Gasteiger partial charge in [0.25, 0.3) is 5.91 Å². The number of aromatic nitrogens is 2. The zero-order chi connectivity index (χ0) is 16.2. The Morgan fingerprint density at radius 1 is 1.30 bits per heavy atom. The molecule has 3 aromatic heterocycles. The van der Waals surface area contributed by atoms with Gasteiger partial charge in [0.1, 0.15) is 17.1 Å². The minimum atomic E-state index is -0.389. The Morgan fingerprint density at radius 2 is 2.17 bits per heavy atom. The maximum Gasteiger partial charge on any atom is 0.271 e. The molecular weight excluding hydrogens is 296 g/mol. The number of carbonyl (C=O) groups excluding carboxylic acids is 2. The summed E-state index contributed by atoms with van der Waals surface area (Å²) in [6.07, 6.45) is 5.00. The van der Waals surface area contributed by atoms with Crippen LogP contribution in [-0.4, -0.2) is 27.7 Å². The minimum absolute atomic E-state index is 0.119. The third-order valence-corrected chi connectivity index (χ3v) is 3.30. The third-order valence-electron chi connectivity index (χ3n) is 3.30. The molecule has 0 saturated heterocycles. The quantitative estimate of drug-likeness (QED) is 0.743. The summed E-state index contributed by atoms with van der Waals surface area (Å²) < 4.78 is 6.87. The number of amides is 2. The van der Waals surface area contributed by atoms with E-state index in [1.165, 1.54) is 6.26 Å². The first-order valence-corrected chi connectivity index (χ1v) is 7.14. The van der Waals surface area contributed by atoms with Crippen molar-refractivity contribution in [1.29, 1.82) is 0 Å². The van der Waals surface area contributed by atoms with E-state index >= 15 is 0 Å². The van der Waals surface area contributed by atoms with Crippen LogP contribution in [0.1, 0.15) is 21.8 Å². The van der Waals surface area contributed by atoms with Gasteiger partial charge in [-0.25, -0.2) is 4.98 Å². The number of nitrogens with zero attached hydrogens (tertiary/aromatic N) is 2. The van der Waals surface area contributed by atoms with Gasteiger partial charge in [-0.3, -0.25) is 9.59 Å². The van der Waals surface area contributed by atoms with Gasteiger partial charge in [0, 0.05) is 12.4 Å². The van der Waals surface area contributed by atoms with Gasteiger partial charge >= 0.3 is 0 Å². The van der Waals surface area contributed by atoms with Crippen molar-refractivity contribution in [3.05, 3.63) is 59.9 Å². The molecule has 0 aliphatic carbocycles. The van der Waals surface area contributed by atoms with Crippen LogP contribution in [0.15, 0.2) is 47.3 Å². The van der Waals surface area contributed by atoms with Gasteiger partial charge in [0.15, 0.2) is 0 Å². The van der Waals surface area contributed by atoms with Crippen LogP contribution in [0.5, 0.6) is 0 Å². The molecule has 23 heavy (non-hydrogen) atoms. The lowest BCUT2D eigenvalue weighted by Crippen LogP contribution is -2.36. The highest BCUT2D eigenvalue weighted by Crippen LogP contribution is 2.07. The Kier molecular flexibility index (Phi) is 4.09. The molecule has 118 valence electrons. The second-order valence-electron chi connectivity index (χ2n) is 5.13. The molecule has 0 atom stereocenters. The number of nitrogens with one attached hydrogen (secondary N) is 2. The first-order chi connectivity index (χ1) is 11.1. The monoisotopic (exact) mass is 312 g/mol. The molecule has 3 heterocycles. The molecule has 3 rings (SSSR count). The summed E-state index contributed by atoms with van der Waals surface area (Å²) in [4.78, 5) is 28.0. The number of rotatable bonds is 5. The molecule has 7 nitrogen and oxygen atoms in total. The van der Waals surface area contributed by atoms with E-state index < -0.39 is 0 Å². The number of pyridine rings is 1. The zero-order valence-corrected chi connectivity index (χ0v) is 12.6. The molecular formula is C16H16N4O3. The fraction of sp³-hybridized carbons (Fsp3) is 0.188. The number of hydrogen-bond donors (Lipinski definition) is 2. The molecule has 0 saturated carbocycles. The van der Waals surface area contributed by atoms with Crippen LogP contribution in [0.4, 0.5) is 0 Å². The van der Waals surface area contributed by atoms with Crippen molar-refractivity contribution in [3.8, 4) is 0 Å². The molecule has 2 amide bonds. The van der Waals surface area contributed by atoms with Crippen molar-refractivity contribution in [2.75, 3.05) is 6.54 Å². The average Bonchev–Trinajstić information content (AvgIpc) is 3.19. The highest BCUT2D eigenvalue weighted by Gasteiger charge is 2.12. The molecule has 0 aromatic carbocycles. The molecule has 0 aliphatic heterocycles. The van der Waals surface area contributed by atoms with Gasteiger partial charge in [-0.05, 0) is 36.8 Å². The molecule has 0 fully saturated rings. The van der Waals surface area contributed by atoms with E-state index in [-0.39, 0.29) is 30.6 Å². The fourth-order valence-corrected chi connectivity index (χ4v) is 2.11. The normalized spacial score (nSPS) is 10.7. The lowest BCUT2D eigenvalue weighted by Gasteiger charge is -2.04. The SMILES string of the molecule is Cc1ccn2cc(C(=O)NCC(=O)NCc3ccco3)nc2c1. The number of hydrogen-bond acceptors (Lipinski definition) is 4. The van der Waals surface area contributed by atoms with Crippen molar-refractivity contribution >= 4 is 17.5 Å². The van der Waals surface area contributed by atoms with Gasteiger partial charge < -0.3 is 19.5 Å². The summed E-state index contributed by atoms with van der Waals surface area (Å²) in [5, 5.41) is 5.20. The second-order valence-corrected chi connectivity index (χ2v) is 5.13. The van der Waals surface area contributed by atoms with Crippen LogP contribution in [0.3, 0.4) is 0 Å². The molecule has 2 N–H and O–H groups in total.